The van der Waals surface area contributed by atoms with Crippen molar-refractivity contribution in [1.29, 1.82) is 0 Å². The predicted molar refractivity (Wildman–Crippen MR) is 78.7 cm³/mol. The summed E-state index contributed by atoms with van der Waals surface area (Å²) < 4.78 is 7.89. The first-order valence-corrected chi connectivity index (χ1v) is 8.45. The largest absolute Gasteiger partial charge is 0.387 e. The minimum absolute atomic E-state index is 0.113. The van der Waals surface area contributed by atoms with E-state index in [0.717, 1.165) is 32.4 Å². The van der Waals surface area contributed by atoms with Gasteiger partial charge >= 0.3 is 0 Å². The highest BCUT2D eigenvalue weighted by Crippen LogP contribution is 2.55. The number of thiophene rings is 1. The van der Waals surface area contributed by atoms with E-state index >= 15 is 0 Å². The van der Waals surface area contributed by atoms with Gasteiger partial charge in [0.2, 0.25) is 0 Å². The Bertz CT molecular complexity index is 447. The highest BCUT2D eigenvalue weighted by Gasteiger charge is 2.56. The summed E-state index contributed by atoms with van der Waals surface area (Å²) in [6.45, 7) is 0.475. The zero-order valence-electron chi connectivity index (χ0n) is 9.73. The molecule has 2 bridgehead atoms. The van der Waals surface area contributed by atoms with Crippen LogP contribution >= 0.6 is 43.2 Å². The molecular weight excluding hydrogens is 382 g/mol. The quantitative estimate of drug-likeness (QED) is 0.824. The van der Waals surface area contributed by atoms with Crippen molar-refractivity contribution in [2.24, 2.45) is 11.1 Å². The summed E-state index contributed by atoms with van der Waals surface area (Å²) in [5.41, 5.74) is 5.68. The molecule has 0 spiro atoms. The lowest BCUT2D eigenvalue weighted by atomic mass is 9.69. The first kappa shape index (κ1) is 13.5. The van der Waals surface area contributed by atoms with Crippen LogP contribution in [-0.2, 0) is 4.74 Å². The number of hydrogen-bond acceptors (Lipinski definition) is 4. The minimum Gasteiger partial charge on any atom is -0.387 e. The van der Waals surface area contributed by atoms with Crippen LogP contribution in [0.2, 0.25) is 0 Å². The Kier molecular flexibility index (Phi) is 3.62. The third-order valence-corrected chi connectivity index (χ3v) is 7.52. The van der Waals surface area contributed by atoms with Gasteiger partial charge in [-0.2, -0.15) is 0 Å². The fourth-order valence-corrected chi connectivity index (χ4v) is 5.43. The van der Waals surface area contributed by atoms with Crippen molar-refractivity contribution in [2.45, 2.75) is 37.6 Å². The number of ether oxygens (including phenoxy) is 1. The van der Waals surface area contributed by atoms with Crippen molar-refractivity contribution in [2.75, 3.05) is 6.54 Å². The zero-order valence-corrected chi connectivity index (χ0v) is 13.7. The Morgan fingerprint density at radius 2 is 2.33 bits per heavy atom. The summed E-state index contributed by atoms with van der Waals surface area (Å²) >= 11 is 8.49. The normalized spacial score (nSPS) is 36.2. The lowest BCUT2D eigenvalue weighted by Gasteiger charge is -2.38. The Hall–Kier alpha value is 0.540. The summed E-state index contributed by atoms with van der Waals surface area (Å²) in [5, 5.41) is 10.7. The van der Waals surface area contributed by atoms with Gasteiger partial charge in [-0.3, -0.25) is 0 Å². The monoisotopic (exact) mass is 395 g/mol. The molecule has 6 heteroatoms. The molecular formula is C12H15Br2NO2S. The maximum atomic E-state index is 10.7. The van der Waals surface area contributed by atoms with Gasteiger partial charge in [0.05, 0.1) is 22.1 Å². The van der Waals surface area contributed by atoms with E-state index in [2.05, 4.69) is 31.9 Å². The summed E-state index contributed by atoms with van der Waals surface area (Å²) in [7, 11) is 0. The lowest BCUT2D eigenvalue weighted by molar-refractivity contribution is -0.0245. The van der Waals surface area contributed by atoms with E-state index in [1.807, 2.05) is 6.07 Å². The maximum Gasteiger partial charge on any atom is 0.0976 e. The van der Waals surface area contributed by atoms with E-state index in [-0.39, 0.29) is 11.5 Å². The smallest absolute Gasteiger partial charge is 0.0976 e. The first-order chi connectivity index (χ1) is 8.56. The van der Waals surface area contributed by atoms with Gasteiger partial charge in [-0.25, -0.2) is 0 Å². The van der Waals surface area contributed by atoms with Crippen LogP contribution in [0.25, 0.3) is 0 Å². The number of hydrogen-bond donors (Lipinski definition) is 2. The number of rotatable bonds is 3. The topological polar surface area (TPSA) is 55.5 Å². The van der Waals surface area contributed by atoms with Crippen LogP contribution < -0.4 is 5.73 Å². The number of aliphatic hydroxyl groups excluding tert-OH is 1. The second-order valence-corrected chi connectivity index (χ2v) is 8.39. The second-order valence-electron chi connectivity index (χ2n) is 5.14. The van der Waals surface area contributed by atoms with Gasteiger partial charge < -0.3 is 15.6 Å². The molecule has 2 aliphatic rings. The fraction of sp³-hybridized carbons (Fsp3) is 0.667. The van der Waals surface area contributed by atoms with E-state index in [1.54, 1.807) is 11.3 Å². The number of aliphatic hydroxyl groups is 1. The summed E-state index contributed by atoms with van der Waals surface area (Å²) in [4.78, 5) is 0.954. The van der Waals surface area contributed by atoms with Crippen molar-refractivity contribution >= 4 is 43.2 Å². The molecule has 2 fully saturated rings. The van der Waals surface area contributed by atoms with E-state index in [1.165, 1.54) is 0 Å². The van der Waals surface area contributed by atoms with E-state index < -0.39 is 6.10 Å². The van der Waals surface area contributed by atoms with Crippen LogP contribution in [0.15, 0.2) is 14.3 Å². The van der Waals surface area contributed by atoms with Crippen LogP contribution in [0, 0.1) is 5.41 Å². The summed E-state index contributed by atoms with van der Waals surface area (Å²) in [6.07, 6.45) is 2.87. The first-order valence-electron chi connectivity index (χ1n) is 6.05. The number of fused-ring (bicyclic) bond motifs is 2. The van der Waals surface area contributed by atoms with Crippen molar-refractivity contribution in [3.8, 4) is 0 Å². The van der Waals surface area contributed by atoms with E-state index in [4.69, 9.17) is 10.5 Å². The van der Waals surface area contributed by atoms with Crippen LogP contribution in [0.5, 0.6) is 0 Å². The fourth-order valence-electron chi connectivity index (χ4n) is 3.23. The number of nitrogens with two attached hydrogens (primary N) is 1. The van der Waals surface area contributed by atoms with Gasteiger partial charge in [0.25, 0.3) is 0 Å². The molecule has 18 heavy (non-hydrogen) atoms. The van der Waals surface area contributed by atoms with Crippen molar-refractivity contribution in [3.05, 3.63) is 19.2 Å². The molecule has 1 aromatic heterocycles. The summed E-state index contributed by atoms with van der Waals surface area (Å²) in [5.74, 6) is 0. The van der Waals surface area contributed by atoms with Crippen LogP contribution in [0.1, 0.15) is 30.2 Å². The molecule has 4 unspecified atom stereocenters. The molecule has 0 amide bonds. The Morgan fingerprint density at radius 3 is 2.78 bits per heavy atom. The third-order valence-electron chi connectivity index (χ3n) is 4.21. The van der Waals surface area contributed by atoms with Crippen LogP contribution in [-0.4, -0.2) is 23.9 Å². The molecule has 3 rings (SSSR count). The van der Waals surface area contributed by atoms with E-state index in [9.17, 15) is 5.11 Å². The average molecular weight is 397 g/mol. The molecule has 3 N–H and O–H groups in total. The number of halogens is 2. The Balaban J connectivity index is 1.92. The van der Waals surface area contributed by atoms with Gasteiger partial charge in [0, 0.05) is 21.3 Å². The van der Waals surface area contributed by atoms with Crippen LogP contribution in [0.3, 0.4) is 0 Å². The predicted octanol–water partition coefficient (Wildman–Crippen LogP) is 3.20. The molecule has 0 aromatic carbocycles. The van der Waals surface area contributed by atoms with Gasteiger partial charge in [-0.05, 0) is 57.2 Å². The van der Waals surface area contributed by atoms with Crippen molar-refractivity contribution in [3.63, 3.8) is 0 Å². The van der Waals surface area contributed by atoms with Gasteiger partial charge in [-0.15, -0.1) is 11.3 Å². The van der Waals surface area contributed by atoms with Crippen molar-refractivity contribution in [1.82, 2.24) is 0 Å². The molecule has 2 aliphatic heterocycles. The molecule has 0 saturated carbocycles. The molecule has 0 aliphatic carbocycles. The zero-order chi connectivity index (χ0) is 12.9. The van der Waals surface area contributed by atoms with Crippen molar-refractivity contribution < 1.29 is 9.84 Å². The average Bonchev–Trinajstić information content (AvgIpc) is 3.04. The summed E-state index contributed by atoms with van der Waals surface area (Å²) in [6, 6.07) is 1.98. The SMILES string of the molecule is NCC1(C(O)c2cc(Br)c(Br)s2)CC2CCC1O2. The maximum absolute atomic E-state index is 10.7. The molecule has 3 nitrogen and oxygen atoms in total. The standard InChI is InChI=1S/C12H15Br2NO2S/c13-7-3-8(18-11(7)14)10(16)12(5-15)4-6-1-2-9(12)17-6/h3,6,9-10,16H,1-2,4-5,15H2. The molecule has 100 valence electrons. The molecule has 3 heterocycles. The van der Waals surface area contributed by atoms with Gasteiger partial charge in [0.15, 0.2) is 0 Å². The Morgan fingerprint density at radius 1 is 1.56 bits per heavy atom. The lowest BCUT2D eigenvalue weighted by Crippen LogP contribution is -2.44. The molecule has 0 radical (unpaired) electrons. The van der Waals surface area contributed by atoms with Crippen LogP contribution in [0.4, 0.5) is 0 Å². The molecule has 1 aromatic rings. The van der Waals surface area contributed by atoms with Gasteiger partial charge in [-0.1, -0.05) is 0 Å². The molecule has 2 saturated heterocycles. The van der Waals surface area contributed by atoms with E-state index in [0.29, 0.717) is 12.6 Å². The molecule has 4 atom stereocenters. The Labute approximate surface area is 127 Å². The second kappa shape index (κ2) is 4.82. The highest BCUT2D eigenvalue weighted by molar-refractivity contribution is 9.13. The van der Waals surface area contributed by atoms with Gasteiger partial charge in [0.1, 0.15) is 0 Å². The highest BCUT2D eigenvalue weighted by atomic mass is 79.9. The third kappa shape index (κ3) is 1.93. The minimum atomic E-state index is -0.537.